The summed E-state index contributed by atoms with van der Waals surface area (Å²) in [5.74, 6) is 1.49. The van der Waals surface area contributed by atoms with Gasteiger partial charge in [0.1, 0.15) is 12.0 Å². The van der Waals surface area contributed by atoms with Gasteiger partial charge in [-0.3, -0.25) is 4.79 Å². The van der Waals surface area contributed by atoms with Crippen molar-refractivity contribution in [2.45, 2.75) is 39.5 Å². The molecule has 0 aromatic heterocycles. The largest absolute Gasteiger partial charge is 0.493 e. The standard InChI is InChI=1S/C15H22O2/c1-3-5-6-13(4-2)12-17-15-9-7-14(11-16)8-10-15/h7-11,13H,3-6,12H2,1-2H3/t13-/m0/s1. The number of ether oxygens (including phenoxy) is 1. The van der Waals surface area contributed by atoms with Crippen LogP contribution >= 0.6 is 0 Å². The Labute approximate surface area is 104 Å². The van der Waals surface area contributed by atoms with Crippen LogP contribution in [0, 0.1) is 5.92 Å². The molecule has 0 aliphatic heterocycles. The van der Waals surface area contributed by atoms with Crippen LogP contribution in [-0.2, 0) is 0 Å². The molecule has 0 aliphatic carbocycles. The Bertz CT molecular complexity index is 316. The van der Waals surface area contributed by atoms with Crippen molar-refractivity contribution in [3.05, 3.63) is 29.8 Å². The Balaban J connectivity index is 2.39. The maximum absolute atomic E-state index is 10.5. The lowest BCUT2D eigenvalue weighted by Gasteiger charge is -2.15. The van der Waals surface area contributed by atoms with Gasteiger partial charge in [0.05, 0.1) is 6.61 Å². The third kappa shape index (κ3) is 5.03. The highest BCUT2D eigenvalue weighted by Crippen LogP contribution is 2.16. The molecule has 0 radical (unpaired) electrons. The molecule has 0 unspecified atom stereocenters. The van der Waals surface area contributed by atoms with Crippen molar-refractivity contribution in [2.75, 3.05) is 6.61 Å². The number of benzene rings is 1. The lowest BCUT2D eigenvalue weighted by atomic mass is 10.0. The van der Waals surface area contributed by atoms with Crippen molar-refractivity contribution in [1.29, 1.82) is 0 Å². The average molecular weight is 234 g/mol. The maximum Gasteiger partial charge on any atom is 0.150 e. The molecule has 1 rings (SSSR count). The van der Waals surface area contributed by atoms with Gasteiger partial charge in [0, 0.05) is 5.56 Å². The first kappa shape index (κ1) is 13.8. The summed E-state index contributed by atoms with van der Waals surface area (Å²) in [6, 6.07) is 7.29. The van der Waals surface area contributed by atoms with E-state index in [4.69, 9.17) is 4.74 Å². The topological polar surface area (TPSA) is 26.3 Å². The van der Waals surface area contributed by atoms with Crippen LogP contribution in [0.3, 0.4) is 0 Å². The van der Waals surface area contributed by atoms with Crippen LogP contribution in [-0.4, -0.2) is 12.9 Å². The molecule has 0 aliphatic rings. The Morgan fingerprint density at radius 3 is 2.47 bits per heavy atom. The summed E-state index contributed by atoms with van der Waals surface area (Å²) in [6.45, 7) is 5.20. The normalized spacial score (nSPS) is 12.1. The predicted octanol–water partition coefficient (Wildman–Crippen LogP) is 4.09. The molecule has 0 N–H and O–H groups in total. The monoisotopic (exact) mass is 234 g/mol. The van der Waals surface area contributed by atoms with Gasteiger partial charge in [0.25, 0.3) is 0 Å². The molecule has 0 spiro atoms. The maximum atomic E-state index is 10.5. The molecule has 0 heterocycles. The smallest absolute Gasteiger partial charge is 0.150 e. The highest BCUT2D eigenvalue weighted by atomic mass is 16.5. The van der Waals surface area contributed by atoms with Crippen molar-refractivity contribution in [3.63, 3.8) is 0 Å². The summed E-state index contributed by atoms with van der Waals surface area (Å²) in [5, 5.41) is 0. The molecule has 0 amide bonds. The van der Waals surface area contributed by atoms with Crippen molar-refractivity contribution in [2.24, 2.45) is 5.92 Å². The number of carbonyl (C=O) groups excluding carboxylic acids is 1. The van der Waals surface area contributed by atoms with Crippen LogP contribution in [0.15, 0.2) is 24.3 Å². The number of unbranched alkanes of at least 4 members (excludes halogenated alkanes) is 1. The van der Waals surface area contributed by atoms with Gasteiger partial charge in [-0.1, -0.05) is 33.1 Å². The van der Waals surface area contributed by atoms with E-state index < -0.39 is 0 Å². The second-order valence-corrected chi connectivity index (χ2v) is 4.41. The van der Waals surface area contributed by atoms with Crippen molar-refractivity contribution < 1.29 is 9.53 Å². The van der Waals surface area contributed by atoms with Gasteiger partial charge < -0.3 is 4.74 Å². The van der Waals surface area contributed by atoms with E-state index in [1.54, 1.807) is 12.1 Å². The number of rotatable bonds is 8. The summed E-state index contributed by atoms with van der Waals surface area (Å²) in [7, 11) is 0. The average Bonchev–Trinajstić information content (AvgIpc) is 2.39. The highest BCUT2D eigenvalue weighted by Gasteiger charge is 2.06. The predicted molar refractivity (Wildman–Crippen MR) is 70.6 cm³/mol. The number of hydrogen-bond acceptors (Lipinski definition) is 2. The molecule has 1 atom stereocenters. The molecule has 1 aromatic rings. The Kier molecular flexibility index (Phi) is 6.38. The molecular formula is C15H22O2. The molecule has 0 saturated heterocycles. The minimum absolute atomic E-state index is 0.640. The first-order valence-electron chi connectivity index (χ1n) is 6.48. The van der Waals surface area contributed by atoms with Gasteiger partial charge in [0.2, 0.25) is 0 Å². The molecule has 0 bridgehead atoms. The van der Waals surface area contributed by atoms with E-state index in [2.05, 4.69) is 13.8 Å². The fraction of sp³-hybridized carbons (Fsp3) is 0.533. The van der Waals surface area contributed by atoms with Crippen molar-refractivity contribution in [1.82, 2.24) is 0 Å². The molecule has 0 saturated carbocycles. The Morgan fingerprint density at radius 2 is 1.94 bits per heavy atom. The first-order chi connectivity index (χ1) is 8.30. The third-order valence-corrected chi connectivity index (χ3v) is 3.05. The fourth-order valence-electron chi connectivity index (χ4n) is 1.75. The highest BCUT2D eigenvalue weighted by molar-refractivity contribution is 5.74. The lowest BCUT2D eigenvalue weighted by Crippen LogP contribution is -2.11. The van der Waals surface area contributed by atoms with E-state index in [0.29, 0.717) is 11.5 Å². The molecule has 94 valence electrons. The van der Waals surface area contributed by atoms with Crippen LogP contribution in [0.5, 0.6) is 5.75 Å². The Hall–Kier alpha value is -1.31. The van der Waals surface area contributed by atoms with Gasteiger partial charge in [-0.15, -0.1) is 0 Å². The van der Waals surface area contributed by atoms with E-state index in [1.807, 2.05) is 12.1 Å². The lowest BCUT2D eigenvalue weighted by molar-refractivity contribution is 0.112. The zero-order valence-corrected chi connectivity index (χ0v) is 10.8. The number of carbonyl (C=O) groups is 1. The van der Waals surface area contributed by atoms with Crippen LogP contribution < -0.4 is 4.74 Å². The van der Waals surface area contributed by atoms with Gasteiger partial charge in [-0.2, -0.15) is 0 Å². The van der Waals surface area contributed by atoms with E-state index in [0.717, 1.165) is 25.1 Å². The van der Waals surface area contributed by atoms with Gasteiger partial charge >= 0.3 is 0 Å². The molecule has 1 aromatic carbocycles. The quantitative estimate of drug-likeness (QED) is 0.633. The fourth-order valence-corrected chi connectivity index (χ4v) is 1.75. The second kappa shape index (κ2) is 7.88. The van der Waals surface area contributed by atoms with E-state index in [1.165, 1.54) is 19.3 Å². The number of aldehydes is 1. The zero-order chi connectivity index (χ0) is 12.5. The van der Waals surface area contributed by atoms with E-state index in [-0.39, 0.29) is 0 Å². The summed E-state index contributed by atoms with van der Waals surface area (Å²) in [5.41, 5.74) is 0.690. The minimum atomic E-state index is 0.640. The van der Waals surface area contributed by atoms with Gasteiger partial charge in [-0.25, -0.2) is 0 Å². The first-order valence-corrected chi connectivity index (χ1v) is 6.48. The van der Waals surface area contributed by atoms with E-state index >= 15 is 0 Å². The van der Waals surface area contributed by atoms with E-state index in [9.17, 15) is 4.79 Å². The summed E-state index contributed by atoms with van der Waals surface area (Å²) < 4.78 is 5.74. The van der Waals surface area contributed by atoms with Gasteiger partial charge in [0.15, 0.2) is 0 Å². The molecule has 0 fully saturated rings. The van der Waals surface area contributed by atoms with Crippen LogP contribution in [0.2, 0.25) is 0 Å². The second-order valence-electron chi connectivity index (χ2n) is 4.41. The molecule has 2 heteroatoms. The summed E-state index contributed by atoms with van der Waals surface area (Å²) in [6.07, 6.45) is 5.75. The third-order valence-electron chi connectivity index (χ3n) is 3.05. The molecular weight excluding hydrogens is 212 g/mol. The SMILES string of the molecule is CCCC[C@H](CC)COc1ccc(C=O)cc1. The van der Waals surface area contributed by atoms with Crippen molar-refractivity contribution >= 4 is 6.29 Å². The number of hydrogen-bond donors (Lipinski definition) is 0. The van der Waals surface area contributed by atoms with Crippen LogP contribution in [0.1, 0.15) is 49.9 Å². The summed E-state index contributed by atoms with van der Waals surface area (Å²) in [4.78, 5) is 10.5. The van der Waals surface area contributed by atoms with Crippen molar-refractivity contribution in [3.8, 4) is 5.75 Å². The summed E-state index contributed by atoms with van der Waals surface area (Å²) >= 11 is 0. The van der Waals surface area contributed by atoms with Crippen LogP contribution in [0.25, 0.3) is 0 Å². The van der Waals surface area contributed by atoms with Crippen LogP contribution in [0.4, 0.5) is 0 Å². The molecule has 2 nitrogen and oxygen atoms in total. The minimum Gasteiger partial charge on any atom is -0.493 e. The Morgan fingerprint density at radius 1 is 1.24 bits per heavy atom. The molecule has 17 heavy (non-hydrogen) atoms. The van der Waals surface area contributed by atoms with Gasteiger partial charge in [-0.05, 0) is 36.6 Å². The zero-order valence-electron chi connectivity index (χ0n) is 10.8.